The van der Waals surface area contributed by atoms with Crippen LogP contribution in [0, 0.1) is 0 Å². The normalized spacial score (nSPS) is 12.2. The molecule has 3 aromatic rings. The SMILES string of the molecule is COc1c(Cl)cc(Cl)cc1-c1cc(C(F)(F)F)nn1-c1ccc(S(N)(=O)=O)cc1. The Kier molecular flexibility index (Phi) is 5.56. The molecule has 6 nitrogen and oxygen atoms in total. The molecule has 2 N–H and O–H groups in total. The highest BCUT2D eigenvalue weighted by molar-refractivity contribution is 7.89. The van der Waals surface area contributed by atoms with Gasteiger partial charge in [-0.3, -0.25) is 0 Å². The summed E-state index contributed by atoms with van der Waals surface area (Å²) >= 11 is 12.1. The molecular formula is C17H12Cl2F3N3O3S. The first-order valence-electron chi connectivity index (χ1n) is 7.75. The van der Waals surface area contributed by atoms with Crippen molar-refractivity contribution in [3.8, 4) is 22.7 Å². The van der Waals surface area contributed by atoms with E-state index in [9.17, 15) is 21.6 Å². The minimum atomic E-state index is -4.73. The monoisotopic (exact) mass is 465 g/mol. The average Bonchev–Trinajstić information content (AvgIpc) is 3.06. The Morgan fingerprint density at radius 2 is 1.72 bits per heavy atom. The molecule has 0 saturated heterocycles. The van der Waals surface area contributed by atoms with Crippen molar-refractivity contribution in [1.82, 2.24) is 9.78 Å². The van der Waals surface area contributed by atoms with Crippen molar-refractivity contribution in [2.75, 3.05) is 7.11 Å². The van der Waals surface area contributed by atoms with E-state index >= 15 is 0 Å². The summed E-state index contributed by atoms with van der Waals surface area (Å²) in [4.78, 5) is -0.200. The molecule has 0 radical (unpaired) electrons. The van der Waals surface area contributed by atoms with Gasteiger partial charge in [-0.2, -0.15) is 18.3 Å². The van der Waals surface area contributed by atoms with Gasteiger partial charge in [0.15, 0.2) is 5.69 Å². The summed E-state index contributed by atoms with van der Waals surface area (Å²) < 4.78 is 69.0. The van der Waals surface area contributed by atoms with Gasteiger partial charge >= 0.3 is 6.18 Å². The zero-order chi connectivity index (χ0) is 21.6. The molecule has 1 aromatic heterocycles. The Hall–Kier alpha value is -2.27. The zero-order valence-electron chi connectivity index (χ0n) is 14.5. The molecule has 0 bridgehead atoms. The Morgan fingerprint density at radius 3 is 2.24 bits per heavy atom. The van der Waals surface area contributed by atoms with Crippen LogP contribution in [0.2, 0.25) is 10.0 Å². The first-order chi connectivity index (χ1) is 13.4. The second-order valence-electron chi connectivity index (χ2n) is 5.83. The van der Waals surface area contributed by atoms with E-state index in [4.69, 9.17) is 33.1 Å². The molecule has 154 valence electrons. The number of ether oxygens (including phenoxy) is 1. The maximum atomic E-state index is 13.3. The number of benzene rings is 2. The maximum absolute atomic E-state index is 13.3. The largest absolute Gasteiger partial charge is 0.494 e. The highest BCUT2D eigenvalue weighted by atomic mass is 35.5. The molecule has 0 aliphatic heterocycles. The standard InChI is InChI=1S/C17H12Cl2F3N3O3S/c1-28-16-12(6-9(18)7-13(16)19)14-8-15(17(20,21)22)24-25(14)10-2-4-11(5-3-10)29(23,26)27/h2-8H,1H3,(H2,23,26,27). The fourth-order valence-electron chi connectivity index (χ4n) is 2.64. The number of hydrogen-bond acceptors (Lipinski definition) is 4. The molecule has 0 aliphatic rings. The molecule has 0 amide bonds. The van der Waals surface area contributed by atoms with Crippen molar-refractivity contribution in [3.05, 3.63) is 58.2 Å². The molecule has 1 heterocycles. The number of primary sulfonamides is 1. The van der Waals surface area contributed by atoms with Crippen LogP contribution in [0.25, 0.3) is 16.9 Å². The lowest BCUT2D eigenvalue weighted by Gasteiger charge is -2.13. The van der Waals surface area contributed by atoms with E-state index in [-0.39, 0.29) is 37.6 Å². The van der Waals surface area contributed by atoms with Crippen molar-refractivity contribution in [2.24, 2.45) is 5.14 Å². The summed E-state index contributed by atoms with van der Waals surface area (Å²) in [5, 5.41) is 8.95. The van der Waals surface area contributed by atoms with Crippen LogP contribution in [0.1, 0.15) is 5.69 Å². The Labute approximate surface area is 173 Å². The van der Waals surface area contributed by atoms with Crippen LogP contribution >= 0.6 is 23.2 Å². The topological polar surface area (TPSA) is 87.2 Å². The molecule has 0 fully saturated rings. The van der Waals surface area contributed by atoms with E-state index in [2.05, 4.69) is 5.10 Å². The van der Waals surface area contributed by atoms with E-state index in [0.717, 1.165) is 22.9 Å². The number of sulfonamides is 1. The fraction of sp³-hybridized carbons (Fsp3) is 0.118. The predicted molar refractivity (Wildman–Crippen MR) is 102 cm³/mol. The number of alkyl halides is 3. The molecule has 3 rings (SSSR count). The van der Waals surface area contributed by atoms with Crippen LogP contribution in [0.4, 0.5) is 13.2 Å². The lowest BCUT2D eigenvalue weighted by Crippen LogP contribution is -2.12. The quantitative estimate of drug-likeness (QED) is 0.613. The van der Waals surface area contributed by atoms with E-state index in [1.807, 2.05) is 0 Å². The number of nitrogens with zero attached hydrogens (tertiary/aromatic N) is 2. The number of methoxy groups -OCH3 is 1. The number of hydrogen-bond donors (Lipinski definition) is 1. The van der Waals surface area contributed by atoms with Crippen LogP contribution in [0.3, 0.4) is 0 Å². The smallest absolute Gasteiger partial charge is 0.435 e. The third-order valence-electron chi connectivity index (χ3n) is 3.90. The fourth-order valence-corrected chi connectivity index (χ4v) is 3.73. The summed E-state index contributed by atoms with van der Waals surface area (Å²) in [6.45, 7) is 0. The van der Waals surface area contributed by atoms with Crippen molar-refractivity contribution in [1.29, 1.82) is 0 Å². The van der Waals surface area contributed by atoms with Gasteiger partial charge in [0.25, 0.3) is 0 Å². The molecule has 0 unspecified atom stereocenters. The summed E-state index contributed by atoms with van der Waals surface area (Å²) in [5.41, 5.74) is -0.854. The lowest BCUT2D eigenvalue weighted by atomic mass is 10.1. The Morgan fingerprint density at radius 1 is 1.10 bits per heavy atom. The van der Waals surface area contributed by atoms with Crippen LogP contribution < -0.4 is 9.88 Å². The van der Waals surface area contributed by atoms with Crippen LogP contribution in [-0.2, 0) is 16.2 Å². The second-order valence-corrected chi connectivity index (χ2v) is 8.24. The summed E-state index contributed by atoms with van der Waals surface area (Å²) in [6, 6.07) is 8.45. The number of halogens is 5. The third kappa shape index (κ3) is 4.35. The molecule has 29 heavy (non-hydrogen) atoms. The van der Waals surface area contributed by atoms with Gasteiger partial charge in [0.1, 0.15) is 5.75 Å². The molecular weight excluding hydrogens is 454 g/mol. The Balaban J connectivity index is 2.28. The van der Waals surface area contributed by atoms with Gasteiger partial charge < -0.3 is 4.74 Å². The van der Waals surface area contributed by atoms with Gasteiger partial charge in [0, 0.05) is 10.6 Å². The van der Waals surface area contributed by atoms with Crippen LogP contribution in [0.5, 0.6) is 5.75 Å². The highest BCUT2D eigenvalue weighted by Gasteiger charge is 2.36. The first-order valence-corrected chi connectivity index (χ1v) is 10.1. The molecule has 0 aliphatic carbocycles. The van der Waals surface area contributed by atoms with Crippen molar-refractivity contribution in [3.63, 3.8) is 0 Å². The minimum absolute atomic E-state index is 0.0121. The number of aromatic nitrogens is 2. The molecule has 0 atom stereocenters. The molecule has 12 heteroatoms. The lowest BCUT2D eigenvalue weighted by molar-refractivity contribution is -0.141. The molecule has 0 saturated carbocycles. The summed E-state index contributed by atoms with van der Waals surface area (Å²) in [6.07, 6.45) is -4.73. The van der Waals surface area contributed by atoms with E-state index < -0.39 is 21.9 Å². The summed E-state index contributed by atoms with van der Waals surface area (Å²) in [5.74, 6) is 0.104. The number of nitrogens with two attached hydrogens (primary N) is 1. The first kappa shape index (κ1) is 21.4. The van der Waals surface area contributed by atoms with E-state index in [0.29, 0.717) is 0 Å². The predicted octanol–water partition coefficient (Wildman–Crippen LogP) is 4.52. The van der Waals surface area contributed by atoms with Crippen molar-refractivity contribution < 1.29 is 26.3 Å². The van der Waals surface area contributed by atoms with Crippen LogP contribution in [0.15, 0.2) is 47.4 Å². The van der Waals surface area contributed by atoms with E-state index in [1.54, 1.807) is 0 Å². The summed E-state index contributed by atoms with van der Waals surface area (Å²) in [7, 11) is -2.66. The highest BCUT2D eigenvalue weighted by Crippen LogP contribution is 2.41. The maximum Gasteiger partial charge on any atom is 0.435 e. The van der Waals surface area contributed by atoms with E-state index in [1.165, 1.54) is 31.4 Å². The Bertz CT molecular complexity index is 1180. The minimum Gasteiger partial charge on any atom is -0.494 e. The molecule has 2 aromatic carbocycles. The molecule has 0 spiro atoms. The van der Waals surface area contributed by atoms with Gasteiger partial charge in [0.05, 0.1) is 28.4 Å². The van der Waals surface area contributed by atoms with Crippen molar-refractivity contribution >= 4 is 33.2 Å². The zero-order valence-corrected chi connectivity index (χ0v) is 16.9. The van der Waals surface area contributed by atoms with Crippen molar-refractivity contribution in [2.45, 2.75) is 11.1 Å². The van der Waals surface area contributed by atoms with Gasteiger partial charge in [-0.1, -0.05) is 23.2 Å². The van der Waals surface area contributed by atoms with Gasteiger partial charge in [-0.15, -0.1) is 0 Å². The van der Waals surface area contributed by atoms with Gasteiger partial charge in [-0.05, 0) is 42.5 Å². The third-order valence-corrected chi connectivity index (χ3v) is 5.33. The second kappa shape index (κ2) is 7.52. The number of rotatable bonds is 4. The van der Waals surface area contributed by atoms with Gasteiger partial charge in [0.2, 0.25) is 10.0 Å². The average molecular weight is 466 g/mol. The van der Waals surface area contributed by atoms with Crippen LogP contribution in [-0.4, -0.2) is 25.3 Å². The van der Waals surface area contributed by atoms with Gasteiger partial charge in [-0.25, -0.2) is 18.2 Å².